The molecule has 0 amide bonds. The van der Waals surface area contributed by atoms with E-state index in [-0.39, 0.29) is 11.7 Å². The van der Waals surface area contributed by atoms with Gasteiger partial charge in [-0.2, -0.15) is 0 Å². The van der Waals surface area contributed by atoms with E-state index in [0.29, 0.717) is 17.9 Å². The van der Waals surface area contributed by atoms with Crippen molar-refractivity contribution < 1.29 is 24.5 Å². The molecule has 0 aliphatic heterocycles. The zero-order valence-electron chi connectivity index (χ0n) is 9.14. The van der Waals surface area contributed by atoms with E-state index in [0.717, 1.165) is 6.08 Å². The second-order valence-electron chi connectivity index (χ2n) is 3.28. The maximum absolute atomic E-state index is 10.4. The summed E-state index contributed by atoms with van der Waals surface area (Å²) in [5, 5.41) is 18.2. The van der Waals surface area contributed by atoms with Gasteiger partial charge in [0.2, 0.25) is 0 Å². The van der Waals surface area contributed by atoms with Gasteiger partial charge in [0.1, 0.15) is 5.76 Å². The van der Waals surface area contributed by atoms with Crippen LogP contribution in [0.2, 0.25) is 0 Å². The zero-order valence-corrected chi connectivity index (χ0v) is 9.14. The molecule has 5 nitrogen and oxygen atoms in total. The average molecular weight is 226 g/mol. The summed E-state index contributed by atoms with van der Waals surface area (Å²) >= 11 is 0. The van der Waals surface area contributed by atoms with E-state index in [9.17, 15) is 9.90 Å². The molecule has 1 rings (SSSR count). The van der Waals surface area contributed by atoms with Gasteiger partial charge in [-0.05, 0) is 6.08 Å². The SMILES string of the molecule is COC1=CC(/C=C/C(=O)O)CC(OC)=C1O. The molecule has 1 atom stereocenters. The van der Waals surface area contributed by atoms with Crippen molar-refractivity contribution in [3.8, 4) is 0 Å². The fourth-order valence-electron chi connectivity index (χ4n) is 1.45. The van der Waals surface area contributed by atoms with Crippen molar-refractivity contribution in [1.82, 2.24) is 0 Å². The van der Waals surface area contributed by atoms with Gasteiger partial charge in [0.25, 0.3) is 0 Å². The quantitative estimate of drug-likeness (QED) is 0.712. The first kappa shape index (κ1) is 12.2. The Balaban J connectivity index is 2.88. The highest BCUT2D eigenvalue weighted by Gasteiger charge is 2.22. The monoisotopic (exact) mass is 226 g/mol. The lowest BCUT2D eigenvalue weighted by atomic mass is 9.97. The van der Waals surface area contributed by atoms with E-state index in [1.54, 1.807) is 6.08 Å². The van der Waals surface area contributed by atoms with Crippen LogP contribution < -0.4 is 0 Å². The van der Waals surface area contributed by atoms with E-state index >= 15 is 0 Å². The molecule has 88 valence electrons. The first-order valence-corrected chi connectivity index (χ1v) is 4.72. The Morgan fingerprint density at radius 1 is 1.50 bits per heavy atom. The molecule has 0 heterocycles. The molecule has 16 heavy (non-hydrogen) atoms. The number of aliphatic hydroxyl groups is 1. The number of methoxy groups -OCH3 is 2. The topological polar surface area (TPSA) is 76.0 Å². The maximum Gasteiger partial charge on any atom is 0.327 e. The number of rotatable bonds is 4. The number of allylic oxidation sites excluding steroid dienone is 3. The lowest BCUT2D eigenvalue weighted by Gasteiger charge is -2.20. The van der Waals surface area contributed by atoms with Crippen molar-refractivity contribution in [3.63, 3.8) is 0 Å². The third-order valence-electron chi connectivity index (χ3n) is 2.24. The fraction of sp³-hybridized carbons (Fsp3) is 0.364. The number of aliphatic hydroxyl groups excluding tert-OH is 1. The van der Waals surface area contributed by atoms with Crippen molar-refractivity contribution in [1.29, 1.82) is 0 Å². The molecule has 1 aliphatic rings. The lowest BCUT2D eigenvalue weighted by Crippen LogP contribution is -2.11. The average Bonchev–Trinajstić information content (AvgIpc) is 2.27. The Hall–Kier alpha value is -1.91. The zero-order chi connectivity index (χ0) is 12.1. The number of ether oxygens (including phenoxy) is 2. The van der Waals surface area contributed by atoms with Crippen molar-refractivity contribution in [3.05, 3.63) is 35.5 Å². The summed E-state index contributed by atoms with van der Waals surface area (Å²) in [6.45, 7) is 0. The van der Waals surface area contributed by atoms with Crippen molar-refractivity contribution in [2.75, 3.05) is 14.2 Å². The lowest BCUT2D eigenvalue weighted by molar-refractivity contribution is -0.131. The Morgan fingerprint density at radius 3 is 2.69 bits per heavy atom. The van der Waals surface area contributed by atoms with E-state index in [2.05, 4.69) is 0 Å². The van der Waals surface area contributed by atoms with Crippen LogP contribution in [0, 0.1) is 5.92 Å². The van der Waals surface area contributed by atoms with Gasteiger partial charge in [-0.3, -0.25) is 0 Å². The van der Waals surface area contributed by atoms with Crippen molar-refractivity contribution in [2.45, 2.75) is 6.42 Å². The molecule has 0 saturated carbocycles. The maximum atomic E-state index is 10.4. The largest absolute Gasteiger partial charge is 0.502 e. The highest BCUT2D eigenvalue weighted by molar-refractivity contribution is 5.79. The van der Waals surface area contributed by atoms with E-state index in [4.69, 9.17) is 14.6 Å². The summed E-state index contributed by atoms with van der Waals surface area (Å²) in [5.41, 5.74) is 0. The van der Waals surface area contributed by atoms with Crippen LogP contribution in [0.5, 0.6) is 0 Å². The molecule has 2 N–H and O–H groups in total. The smallest absolute Gasteiger partial charge is 0.327 e. The Bertz CT molecular complexity index is 365. The minimum atomic E-state index is -1.01. The summed E-state index contributed by atoms with van der Waals surface area (Å²) in [4.78, 5) is 10.4. The Morgan fingerprint density at radius 2 is 2.19 bits per heavy atom. The van der Waals surface area contributed by atoms with Gasteiger partial charge in [0, 0.05) is 18.4 Å². The molecule has 0 spiro atoms. The minimum absolute atomic E-state index is 0.0371. The van der Waals surface area contributed by atoms with Crippen LogP contribution in [0.4, 0.5) is 0 Å². The van der Waals surface area contributed by atoms with E-state index in [1.807, 2.05) is 0 Å². The van der Waals surface area contributed by atoms with Crippen LogP contribution in [0.3, 0.4) is 0 Å². The standard InChI is InChI=1S/C11H14O5/c1-15-8-5-7(3-4-10(12)13)6-9(16-2)11(8)14/h3-5,7,14H,6H2,1-2H3,(H,12,13)/b4-3+. The van der Waals surface area contributed by atoms with Gasteiger partial charge in [0.05, 0.1) is 14.2 Å². The molecule has 0 aromatic heterocycles. The molecule has 0 aromatic rings. The highest BCUT2D eigenvalue weighted by atomic mass is 16.5. The minimum Gasteiger partial charge on any atom is -0.502 e. The molecule has 0 aromatic carbocycles. The Kier molecular flexibility index (Phi) is 3.99. The van der Waals surface area contributed by atoms with Gasteiger partial charge in [-0.25, -0.2) is 4.79 Å². The van der Waals surface area contributed by atoms with Gasteiger partial charge in [0.15, 0.2) is 11.5 Å². The summed E-state index contributed by atoms with van der Waals surface area (Å²) in [5.74, 6) is -0.519. The van der Waals surface area contributed by atoms with Crippen molar-refractivity contribution in [2.24, 2.45) is 5.92 Å². The van der Waals surface area contributed by atoms with Gasteiger partial charge in [-0.15, -0.1) is 0 Å². The normalized spacial score (nSPS) is 20.9. The second kappa shape index (κ2) is 5.25. The van der Waals surface area contributed by atoms with Crippen LogP contribution >= 0.6 is 0 Å². The number of carboxylic acid groups (broad SMARTS) is 1. The molecule has 1 aliphatic carbocycles. The number of carboxylic acids is 1. The van der Waals surface area contributed by atoms with Crippen molar-refractivity contribution >= 4 is 5.97 Å². The third kappa shape index (κ3) is 2.79. The van der Waals surface area contributed by atoms with Gasteiger partial charge >= 0.3 is 5.97 Å². The van der Waals surface area contributed by atoms with E-state index in [1.165, 1.54) is 20.3 Å². The number of hydrogen-bond donors (Lipinski definition) is 2. The molecule has 0 bridgehead atoms. The molecule has 5 heteroatoms. The molecular weight excluding hydrogens is 212 g/mol. The number of aliphatic carboxylic acids is 1. The van der Waals surface area contributed by atoms with Gasteiger partial charge < -0.3 is 19.7 Å². The Labute approximate surface area is 93.3 Å². The molecule has 0 radical (unpaired) electrons. The number of hydrogen-bond acceptors (Lipinski definition) is 4. The second-order valence-corrected chi connectivity index (χ2v) is 3.28. The molecular formula is C11H14O5. The first-order chi connectivity index (χ1) is 7.58. The van der Waals surface area contributed by atoms with Crippen LogP contribution in [0.1, 0.15) is 6.42 Å². The van der Waals surface area contributed by atoms with Crippen LogP contribution in [-0.4, -0.2) is 30.4 Å². The number of carbonyl (C=O) groups is 1. The molecule has 0 saturated heterocycles. The molecule has 0 fully saturated rings. The fourth-order valence-corrected chi connectivity index (χ4v) is 1.45. The highest BCUT2D eigenvalue weighted by Crippen LogP contribution is 2.28. The third-order valence-corrected chi connectivity index (χ3v) is 2.24. The van der Waals surface area contributed by atoms with Crippen LogP contribution in [0.15, 0.2) is 35.5 Å². The summed E-state index contributed by atoms with van der Waals surface area (Å²) < 4.78 is 9.96. The van der Waals surface area contributed by atoms with Gasteiger partial charge in [-0.1, -0.05) is 6.08 Å². The van der Waals surface area contributed by atoms with Crippen LogP contribution in [0.25, 0.3) is 0 Å². The predicted octanol–water partition coefficient (Wildman–Crippen LogP) is 1.59. The van der Waals surface area contributed by atoms with Crippen LogP contribution in [-0.2, 0) is 14.3 Å². The summed E-state index contributed by atoms with van der Waals surface area (Å²) in [6.07, 6.45) is 4.65. The summed E-state index contributed by atoms with van der Waals surface area (Å²) in [6, 6.07) is 0. The summed E-state index contributed by atoms with van der Waals surface area (Å²) in [7, 11) is 2.88. The molecule has 1 unspecified atom stereocenters. The van der Waals surface area contributed by atoms with E-state index < -0.39 is 5.97 Å². The first-order valence-electron chi connectivity index (χ1n) is 4.72. The predicted molar refractivity (Wildman–Crippen MR) is 56.6 cm³/mol.